The zero-order chi connectivity index (χ0) is 15.2. The highest BCUT2D eigenvalue weighted by molar-refractivity contribution is 5.91. The molecule has 1 aliphatic rings. The van der Waals surface area contributed by atoms with Crippen LogP contribution in [0.15, 0.2) is 47.2 Å². The molecular formula is C17H21N3O2. The third kappa shape index (κ3) is 3.74. The fourth-order valence-corrected chi connectivity index (χ4v) is 3.00. The minimum Gasteiger partial charge on any atom is -0.364 e. The van der Waals surface area contributed by atoms with Crippen LogP contribution in [0.2, 0.25) is 0 Å². The van der Waals surface area contributed by atoms with Gasteiger partial charge >= 0.3 is 0 Å². The maximum absolute atomic E-state index is 11.8. The molecule has 0 aliphatic carbocycles. The van der Waals surface area contributed by atoms with Gasteiger partial charge in [0.25, 0.3) is 5.91 Å². The number of amides is 1. The number of piperidine rings is 1. The Morgan fingerprint density at radius 1 is 1.32 bits per heavy atom. The number of hydrogen-bond acceptors (Lipinski definition) is 4. The highest BCUT2D eigenvalue weighted by atomic mass is 16.5. The van der Waals surface area contributed by atoms with Gasteiger partial charge in [-0.05, 0) is 30.9 Å². The fraction of sp³-hybridized carbons (Fsp3) is 0.412. The maximum Gasteiger partial charge on any atom is 0.273 e. The van der Waals surface area contributed by atoms with Gasteiger partial charge in [0.15, 0.2) is 5.69 Å². The summed E-state index contributed by atoms with van der Waals surface area (Å²) < 4.78 is 4.67. The van der Waals surface area contributed by atoms with E-state index in [9.17, 15) is 4.79 Å². The van der Waals surface area contributed by atoms with E-state index >= 15 is 0 Å². The van der Waals surface area contributed by atoms with Gasteiger partial charge in [-0.25, -0.2) is 0 Å². The molecule has 1 atom stereocenters. The number of carbonyl (C=O) groups is 1. The number of carbonyl (C=O) groups excluding carboxylic acids is 1. The van der Waals surface area contributed by atoms with Crippen LogP contribution in [0.3, 0.4) is 0 Å². The van der Waals surface area contributed by atoms with Crippen LogP contribution < -0.4 is 5.32 Å². The van der Waals surface area contributed by atoms with Gasteiger partial charge < -0.3 is 14.7 Å². The molecule has 1 fully saturated rings. The summed E-state index contributed by atoms with van der Waals surface area (Å²) in [5.74, 6) is 0.423. The van der Waals surface area contributed by atoms with E-state index in [4.69, 9.17) is 0 Å². The molecule has 1 aromatic heterocycles. The van der Waals surface area contributed by atoms with Gasteiger partial charge in [-0.15, -0.1) is 0 Å². The molecule has 0 spiro atoms. The lowest BCUT2D eigenvalue weighted by molar-refractivity contribution is 0.0936. The summed E-state index contributed by atoms with van der Waals surface area (Å²) in [4.78, 5) is 14.2. The Morgan fingerprint density at radius 2 is 2.18 bits per heavy atom. The molecule has 22 heavy (non-hydrogen) atoms. The number of hydrogen-bond donors (Lipinski definition) is 1. The van der Waals surface area contributed by atoms with Crippen LogP contribution >= 0.6 is 0 Å². The van der Waals surface area contributed by atoms with Gasteiger partial charge in [-0.1, -0.05) is 35.5 Å². The first-order chi connectivity index (χ1) is 10.8. The molecule has 1 saturated heterocycles. The van der Waals surface area contributed by atoms with E-state index in [1.807, 2.05) is 0 Å². The molecule has 1 amide bonds. The molecule has 1 aliphatic heterocycles. The molecule has 2 heterocycles. The summed E-state index contributed by atoms with van der Waals surface area (Å²) >= 11 is 0. The van der Waals surface area contributed by atoms with Gasteiger partial charge in [0.2, 0.25) is 0 Å². The highest BCUT2D eigenvalue weighted by Gasteiger charge is 2.21. The van der Waals surface area contributed by atoms with E-state index in [0.717, 1.165) is 19.6 Å². The van der Waals surface area contributed by atoms with E-state index in [0.29, 0.717) is 18.2 Å². The minimum atomic E-state index is -0.176. The topological polar surface area (TPSA) is 58.4 Å². The normalized spacial score (nSPS) is 19.0. The minimum absolute atomic E-state index is 0.176. The Balaban J connectivity index is 1.46. The van der Waals surface area contributed by atoms with Crippen LogP contribution in [-0.4, -0.2) is 42.1 Å². The molecule has 1 N–H and O–H groups in total. The van der Waals surface area contributed by atoms with Crippen molar-refractivity contribution in [2.75, 3.05) is 26.2 Å². The summed E-state index contributed by atoms with van der Waals surface area (Å²) in [6.07, 6.45) is 3.85. The number of aromatic nitrogens is 1. The van der Waals surface area contributed by atoms with E-state index in [1.165, 1.54) is 24.7 Å². The monoisotopic (exact) mass is 299 g/mol. The van der Waals surface area contributed by atoms with Crippen molar-refractivity contribution in [3.05, 3.63) is 53.9 Å². The molecule has 0 radical (unpaired) electrons. The Bertz CT molecular complexity index is 583. The first kappa shape index (κ1) is 14.8. The molecule has 0 bridgehead atoms. The van der Waals surface area contributed by atoms with Crippen LogP contribution in [0.5, 0.6) is 0 Å². The molecule has 5 nitrogen and oxygen atoms in total. The standard InChI is InChI=1S/C17H21N3O2/c21-17(16-8-12-22-19-16)18-9-11-20-10-4-7-15(13-20)14-5-2-1-3-6-14/h1-3,5-6,8,12,15H,4,7,9-11,13H2,(H,18,21)/t15-/m0/s1. The number of nitrogens with one attached hydrogen (secondary N) is 1. The number of rotatable bonds is 5. The van der Waals surface area contributed by atoms with E-state index in [1.54, 1.807) is 6.07 Å². The van der Waals surface area contributed by atoms with Gasteiger partial charge in [-0.2, -0.15) is 0 Å². The van der Waals surface area contributed by atoms with Crippen LogP contribution in [0.4, 0.5) is 0 Å². The van der Waals surface area contributed by atoms with Crippen molar-refractivity contribution in [1.82, 2.24) is 15.4 Å². The van der Waals surface area contributed by atoms with Gasteiger partial charge in [0.05, 0.1) is 0 Å². The van der Waals surface area contributed by atoms with Crippen molar-refractivity contribution >= 4 is 5.91 Å². The van der Waals surface area contributed by atoms with Crippen LogP contribution in [0.25, 0.3) is 0 Å². The van der Waals surface area contributed by atoms with Crippen molar-refractivity contribution in [1.29, 1.82) is 0 Å². The molecule has 3 rings (SSSR count). The van der Waals surface area contributed by atoms with Crippen LogP contribution in [0, 0.1) is 0 Å². The zero-order valence-electron chi connectivity index (χ0n) is 12.6. The lowest BCUT2D eigenvalue weighted by atomic mass is 9.91. The Morgan fingerprint density at radius 3 is 2.95 bits per heavy atom. The highest BCUT2D eigenvalue weighted by Crippen LogP contribution is 2.26. The lowest BCUT2D eigenvalue weighted by Crippen LogP contribution is -2.40. The SMILES string of the molecule is O=C(NCCN1CCC[C@H](c2ccccc2)C1)c1ccon1. The van der Waals surface area contributed by atoms with Crippen molar-refractivity contribution in [2.45, 2.75) is 18.8 Å². The zero-order valence-corrected chi connectivity index (χ0v) is 12.6. The average molecular weight is 299 g/mol. The van der Waals surface area contributed by atoms with E-state index in [-0.39, 0.29) is 5.91 Å². The molecule has 0 unspecified atom stereocenters. The third-order valence-corrected chi connectivity index (χ3v) is 4.16. The largest absolute Gasteiger partial charge is 0.364 e. The molecule has 2 aromatic rings. The molecule has 5 heteroatoms. The summed E-state index contributed by atoms with van der Waals surface area (Å²) in [6, 6.07) is 12.3. The predicted molar refractivity (Wildman–Crippen MR) is 83.7 cm³/mol. The molecular weight excluding hydrogens is 278 g/mol. The number of benzene rings is 1. The summed E-state index contributed by atoms with van der Waals surface area (Å²) in [6.45, 7) is 3.66. The molecule has 116 valence electrons. The third-order valence-electron chi connectivity index (χ3n) is 4.16. The average Bonchev–Trinajstić information content (AvgIpc) is 3.10. The second-order valence-electron chi connectivity index (χ2n) is 5.69. The smallest absolute Gasteiger partial charge is 0.273 e. The predicted octanol–water partition coefficient (Wildman–Crippen LogP) is 2.28. The van der Waals surface area contributed by atoms with Crippen LogP contribution in [-0.2, 0) is 0 Å². The van der Waals surface area contributed by atoms with Crippen molar-refractivity contribution < 1.29 is 9.32 Å². The maximum atomic E-state index is 11.8. The van der Waals surface area contributed by atoms with Gasteiger partial charge in [0.1, 0.15) is 6.26 Å². The van der Waals surface area contributed by atoms with Gasteiger partial charge in [0, 0.05) is 25.7 Å². The first-order valence-electron chi connectivity index (χ1n) is 7.79. The van der Waals surface area contributed by atoms with E-state index < -0.39 is 0 Å². The summed E-state index contributed by atoms with van der Waals surface area (Å²) in [5.41, 5.74) is 1.75. The Kier molecular flexibility index (Phi) is 4.85. The quantitative estimate of drug-likeness (QED) is 0.920. The molecule has 0 saturated carbocycles. The second kappa shape index (κ2) is 7.22. The fourth-order valence-electron chi connectivity index (χ4n) is 3.00. The van der Waals surface area contributed by atoms with Crippen LogP contribution in [0.1, 0.15) is 34.8 Å². The second-order valence-corrected chi connectivity index (χ2v) is 5.69. The van der Waals surface area contributed by atoms with E-state index in [2.05, 4.69) is 50.2 Å². The Hall–Kier alpha value is -2.14. The van der Waals surface area contributed by atoms with Crippen molar-refractivity contribution in [3.8, 4) is 0 Å². The van der Waals surface area contributed by atoms with Crippen molar-refractivity contribution in [2.24, 2.45) is 0 Å². The summed E-state index contributed by atoms with van der Waals surface area (Å²) in [5, 5.41) is 6.52. The number of nitrogens with zero attached hydrogens (tertiary/aromatic N) is 2. The Labute approximate surface area is 130 Å². The number of likely N-dealkylation sites (tertiary alicyclic amines) is 1. The molecule has 1 aromatic carbocycles. The lowest BCUT2D eigenvalue weighted by Gasteiger charge is -2.33. The van der Waals surface area contributed by atoms with Crippen molar-refractivity contribution in [3.63, 3.8) is 0 Å². The summed E-state index contributed by atoms with van der Waals surface area (Å²) in [7, 11) is 0. The van der Waals surface area contributed by atoms with Gasteiger partial charge in [-0.3, -0.25) is 4.79 Å². The first-order valence-corrected chi connectivity index (χ1v) is 7.79.